The number of halogens is 2. The molecule has 1 N–H and O–H groups in total. The number of likely N-dealkylation sites (tertiary alicyclic amines) is 1. The Kier molecular flexibility index (Phi) is 9.76. The maximum Gasteiger partial charge on any atom is 0.319 e. The summed E-state index contributed by atoms with van der Waals surface area (Å²) < 4.78 is 56.0. The molecule has 52 heavy (non-hydrogen) atoms. The molecule has 1 saturated carbocycles. The molecule has 0 bridgehead atoms. The van der Waals surface area contributed by atoms with Crippen molar-refractivity contribution < 1.29 is 32.8 Å². The van der Waals surface area contributed by atoms with E-state index in [4.69, 9.17) is 35.3 Å². The molecule has 0 amide bonds. The molecule has 2 atom stereocenters. The Bertz CT molecular complexity index is 2010. The number of rotatable bonds is 8. The Balaban J connectivity index is 1.23. The largest absolute Gasteiger partial charge is 0.508 e. The molecule has 0 unspecified atom stereocenters. The summed E-state index contributed by atoms with van der Waals surface area (Å²) in [6.45, 7) is 6.49. The number of terminal acetylenes is 1. The number of nitrogens with zero attached hydrogens (tertiary/aromatic N) is 5. The van der Waals surface area contributed by atoms with Gasteiger partial charge in [0.05, 0.1) is 25.9 Å². The summed E-state index contributed by atoms with van der Waals surface area (Å²) >= 11 is 0. The minimum Gasteiger partial charge on any atom is -0.508 e. The average molecular weight is 714 g/mol. The van der Waals surface area contributed by atoms with Crippen LogP contribution in [0, 0.1) is 35.3 Å². The Hall–Kier alpha value is -4.31. The molecule has 3 saturated heterocycles. The number of fused-ring (bicyclic) bond motifs is 3. The molecule has 10 nitrogen and oxygen atoms in total. The number of hydrogen-bond acceptors (Lipinski definition) is 10. The average Bonchev–Trinajstić information content (AvgIpc) is 3.41. The molecule has 1 aliphatic carbocycles. The lowest BCUT2D eigenvalue weighted by molar-refractivity contribution is -0.0203. The van der Waals surface area contributed by atoms with Crippen LogP contribution in [0.3, 0.4) is 0 Å². The van der Waals surface area contributed by atoms with Crippen LogP contribution < -0.4 is 14.4 Å². The second kappa shape index (κ2) is 14.6. The lowest BCUT2D eigenvalue weighted by atomic mass is 9.75. The first kappa shape index (κ1) is 34.8. The van der Waals surface area contributed by atoms with Gasteiger partial charge in [0, 0.05) is 61.9 Å². The topological polar surface area (TPSA) is 102 Å². The number of aromatic nitrogens is 3. The van der Waals surface area contributed by atoms with Gasteiger partial charge in [-0.2, -0.15) is 9.97 Å². The molecule has 3 aliphatic heterocycles. The Labute approximate surface area is 302 Å². The molecule has 5 heterocycles. The molecule has 2 aromatic carbocycles. The molecule has 0 radical (unpaired) electrons. The van der Waals surface area contributed by atoms with E-state index in [9.17, 15) is 5.11 Å². The normalized spacial score (nSPS) is 23.0. The highest BCUT2D eigenvalue weighted by atomic mass is 19.1. The first-order valence-corrected chi connectivity index (χ1v) is 18.5. The van der Waals surface area contributed by atoms with Crippen LogP contribution in [0.1, 0.15) is 56.9 Å². The number of anilines is 1. The summed E-state index contributed by atoms with van der Waals surface area (Å²) in [4.78, 5) is 19.0. The number of piperidine rings is 1. The third-order valence-corrected chi connectivity index (χ3v) is 11.6. The van der Waals surface area contributed by atoms with E-state index in [2.05, 4.69) is 15.8 Å². The van der Waals surface area contributed by atoms with Gasteiger partial charge in [0.2, 0.25) is 5.88 Å². The number of pyridine rings is 1. The third kappa shape index (κ3) is 6.37. The fourth-order valence-electron chi connectivity index (χ4n) is 9.13. The smallest absolute Gasteiger partial charge is 0.319 e. The Morgan fingerprint density at radius 3 is 2.62 bits per heavy atom. The monoisotopic (exact) mass is 713 g/mol. The highest BCUT2D eigenvalue weighted by Gasteiger charge is 2.49. The molecule has 0 spiro atoms. The van der Waals surface area contributed by atoms with Crippen molar-refractivity contribution in [2.45, 2.75) is 57.4 Å². The Morgan fingerprint density at radius 1 is 0.962 bits per heavy atom. The van der Waals surface area contributed by atoms with Gasteiger partial charge < -0.3 is 29.0 Å². The van der Waals surface area contributed by atoms with E-state index in [1.54, 1.807) is 0 Å². The van der Waals surface area contributed by atoms with E-state index in [0.717, 1.165) is 77.7 Å². The predicted octanol–water partition coefficient (Wildman–Crippen LogP) is 6.49. The number of methoxy groups -OCH3 is 1. The molecule has 274 valence electrons. The molecular weight excluding hydrogens is 668 g/mol. The fourth-order valence-corrected chi connectivity index (χ4v) is 9.13. The van der Waals surface area contributed by atoms with Crippen LogP contribution in [-0.2, 0) is 9.47 Å². The van der Waals surface area contributed by atoms with Gasteiger partial charge in [-0.3, -0.25) is 4.90 Å². The van der Waals surface area contributed by atoms with Gasteiger partial charge in [0.25, 0.3) is 0 Å². The van der Waals surface area contributed by atoms with Gasteiger partial charge in [-0.25, -0.2) is 13.8 Å². The van der Waals surface area contributed by atoms with Gasteiger partial charge >= 0.3 is 6.01 Å². The fraction of sp³-hybridized carbons (Fsp3) is 0.525. The van der Waals surface area contributed by atoms with Gasteiger partial charge in [0.1, 0.15) is 34.0 Å². The SMILES string of the molecule is C#Cc1c(F)ccc2cc(O)cc(-c3nc(OC)c4c(N5CCCOCC5)nc(OC[C@]56CCC[C@H]5N(CC5CCOCC5)CCC6)nc4c3F)c12. The van der Waals surface area contributed by atoms with Crippen LogP contribution in [0.2, 0.25) is 0 Å². The van der Waals surface area contributed by atoms with Crippen LogP contribution in [0.15, 0.2) is 24.3 Å². The van der Waals surface area contributed by atoms with E-state index in [-0.39, 0.29) is 50.8 Å². The summed E-state index contributed by atoms with van der Waals surface area (Å²) in [5.41, 5.74) is -0.229. The number of hydrogen-bond donors (Lipinski definition) is 1. The molecule has 4 fully saturated rings. The summed E-state index contributed by atoms with van der Waals surface area (Å²) in [6.07, 6.45) is 14.2. The Morgan fingerprint density at radius 2 is 1.79 bits per heavy atom. The molecular formula is C40H45F2N5O5. The number of ether oxygens (including phenoxy) is 4. The van der Waals surface area contributed by atoms with E-state index in [0.29, 0.717) is 61.5 Å². The summed E-state index contributed by atoms with van der Waals surface area (Å²) in [5.74, 6) is 1.99. The van der Waals surface area contributed by atoms with Crippen molar-refractivity contribution in [3.05, 3.63) is 41.5 Å². The van der Waals surface area contributed by atoms with Crippen molar-refractivity contribution in [2.75, 3.05) is 71.2 Å². The van der Waals surface area contributed by atoms with E-state index in [1.165, 1.54) is 31.4 Å². The first-order chi connectivity index (χ1) is 25.4. The van der Waals surface area contributed by atoms with Crippen molar-refractivity contribution in [3.8, 4) is 41.2 Å². The van der Waals surface area contributed by atoms with Crippen LogP contribution in [0.25, 0.3) is 32.9 Å². The van der Waals surface area contributed by atoms with Crippen LogP contribution in [-0.4, -0.2) is 97.3 Å². The molecule has 2 aromatic heterocycles. The summed E-state index contributed by atoms with van der Waals surface area (Å²) in [7, 11) is 1.45. The van der Waals surface area contributed by atoms with E-state index in [1.807, 2.05) is 4.90 Å². The van der Waals surface area contributed by atoms with Crippen molar-refractivity contribution in [2.24, 2.45) is 11.3 Å². The predicted molar refractivity (Wildman–Crippen MR) is 194 cm³/mol. The standard InChI is InChI=1S/C40H45F2N5O5/c1-3-28-30(41)9-8-26-21-27(48)22-29(32(26)28)35-34(42)36-33(38(43-35)49-2)37(46-15-6-17-50-20-16-46)45-39(44-36)52-24-40-12-4-7-31(40)47(14-5-13-40)23-25-10-18-51-19-11-25/h1,8-9,21-22,25,31,48H,4-7,10-20,23-24H2,2H3/t31-,40-/m1/s1. The molecule has 12 heteroatoms. The van der Waals surface area contributed by atoms with Crippen molar-refractivity contribution in [1.82, 2.24) is 19.9 Å². The zero-order valence-electron chi connectivity index (χ0n) is 29.6. The maximum atomic E-state index is 17.2. The lowest BCUT2D eigenvalue weighted by Gasteiger charge is -2.47. The minimum atomic E-state index is -0.785. The van der Waals surface area contributed by atoms with Crippen LogP contribution >= 0.6 is 0 Å². The van der Waals surface area contributed by atoms with Crippen LogP contribution in [0.5, 0.6) is 17.6 Å². The second-order valence-electron chi connectivity index (χ2n) is 14.7. The quantitative estimate of drug-likeness (QED) is 0.204. The van der Waals surface area contributed by atoms with Gasteiger partial charge in [0.15, 0.2) is 5.82 Å². The number of phenols is 1. The minimum absolute atomic E-state index is 0.0475. The summed E-state index contributed by atoms with van der Waals surface area (Å²) in [6, 6.07) is 5.98. The number of benzene rings is 2. The molecule has 4 aliphatic rings. The third-order valence-electron chi connectivity index (χ3n) is 11.6. The maximum absolute atomic E-state index is 17.2. The lowest BCUT2D eigenvalue weighted by Crippen LogP contribution is -2.53. The summed E-state index contributed by atoms with van der Waals surface area (Å²) in [5, 5.41) is 11.7. The van der Waals surface area contributed by atoms with Gasteiger partial charge in [-0.1, -0.05) is 18.4 Å². The highest BCUT2D eigenvalue weighted by Crippen LogP contribution is 2.49. The zero-order valence-corrected chi connectivity index (χ0v) is 29.6. The van der Waals surface area contributed by atoms with E-state index < -0.39 is 11.6 Å². The number of phenolic OH excluding ortho intramolecular Hbond substituents is 1. The van der Waals surface area contributed by atoms with Crippen molar-refractivity contribution in [3.63, 3.8) is 0 Å². The number of aromatic hydroxyl groups is 1. The van der Waals surface area contributed by atoms with Gasteiger partial charge in [-0.05, 0) is 81.0 Å². The van der Waals surface area contributed by atoms with Gasteiger partial charge in [-0.15, -0.1) is 6.42 Å². The second-order valence-corrected chi connectivity index (χ2v) is 14.7. The molecule has 4 aromatic rings. The zero-order chi connectivity index (χ0) is 35.8. The van der Waals surface area contributed by atoms with Crippen molar-refractivity contribution in [1.29, 1.82) is 0 Å². The first-order valence-electron chi connectivity index (χ1n) is 18.5. The molecule has 8 rings (SSSR count). The van der Waals surface area contributed by atoms with E-state index >= 15 is 8.78 Å². The van der Waals surface area contributed by atoms with Crippen molar-refractivity contribution >= 4 is 27.5 Å². The van der Waals surface area contributed by atoms with Crippen LogP contribution in [0.4, 0.5) is 14.6 Å². The highest BCUT2D eigenvalue weighted by molar-refractivity contribution is 6.04.